The van der Waals surface area contributed by atoms with Crippen LogP contribution in [0.2, 0.25) is 0 Å². The molecule has 0 amide bonds. The molecule has 7 heteroatoms. The monoisotopic (exact) mass is 261 g/mol. The van der Waals surface area contributed by atoms with E-state index in [1.54, 1.807) is 24.3 Å². The average Bonchev–Trinajstić information content (AvgIpc) is 2.39. The lowest BCUT2D eigenvalue weighted by Crippen LogP contribution is -1.97. The second-order valence-electron chi connectivity index (χ2n) is 3.59. The van der Waals surface area contributed by atoms with Crippen molar-refractivity contribution in [3.63, 3.8) is 0 Å². The van der Waals surface area contributed by atoms with Crippen molar-refractivity contribution in [2.24, 2.45) is 0 Å². The van der Waals surface area contributed by atoms with Crippen molar-refractivity contribution in [2.75, 3.05) is 12.8 Å². The Kier molecular flexibility index (Phi) is 3.46. The smallest absolute Gasteiger partial charge is 0.315 e. The normalized spacial score (nSPS) is 9.95. The lowest BCUT2D eigenvalue weighted by molar-refractivity contribution is -0.385. The molecule has 1 aromatic carbocycles. The molecule has 0 unspecified atom stereocenters. The fraction of sp³-hybridized carbons (Fsp3) is 0.0833. The molecule has 0 bridgehead atoms. The van der Waals surface area contributed by atoms with Gasteiger partial charge in [0.15, 0.2) is 0 Å². The van der Waals surface area contributed by atoms with E-state index in [-0.39, 0.29) is 23.1 Å². The summed E-state index contributed by atoms with van der Waals surface area (Å²) in [6, 6.07) is 9.09. The zero-order chi connectivity index (χ0) is 13.8. The number of nitrogen functional groups attached to an aromatic ring is 1. The maximum absolute atomic E-state index is 11.0. The van der Waals surface area contributed by atoms with Crippen LogP contribution in [0.4, 0.5) is 11.5 Å². The highest BCUT2D eigenvalue weighted by Gasteiger charge is 2.17. The molecular formula is C12H11N3O4. The van der Waals surface area contributed by atoms with Gasteiger partial charge < -0.3 is 15.2 Å². The Labute approximate surface area is 108 Å². The molecule has 0 saturated heterocycles. The van der Waals surface area contributed by atoms with Gasteiger partial charge in [0.1, 0.15) is 11.6 Å². The number of methoxy groups -OCH3 is 1. The standard InChI is InChI=1S/C12H11N3O4/c1-18-8-5-6-10(9(7-8)15(16)17)19-12-4-2-3-11(13)14-12/h2-7H,1H3,(H2,13,14). The van der Waals surface area contributed by atoms with Gasteiger partial charge >= 0.3 is 5.69 Å². The molecule has 19 heavy (non-hydrogen) atoms. The highest BCUT2D eigenvalue weighted by molar-refractivity contribution is 5.52. The summed E-state index contributed by atoms with van der Waals surface area (Å²) in [5, 5.41) is 11.0. The predicted molar refractivity (Wildman–Crippen MR) is 68.4 cm³/mol. The van der Waals surface area contributed by atoms with E-state index in [1.807, 2.05) is 0 Å². The second kappa shape index (κ2) is 5.21. The van der Waals surface area contributed by atoms with Crippen LogP contribution in [0.1, 0.15) is 0 Å². The van der Waals surface area contributed by atoms with Gasteiger partial charge in [-0.15, -0.1) is 0 Å². The van der Waals surface area contributed by atoms with Crippen LogP contribution in [0.15, 0.2) is 36.4 Å². The number of aromatic nitrogens is 1. The minimum atomic E-state index is -0.551. The third-order valence-corrected chi connectivity index (χ3v) is 2.32. The first kappa shape index (κ1) is 12.6. The third kappa shape index (κ3) is 2.89. The quantitative estimate of drug-likeness (QED) is 0.669. The number of nitro groups is 1. The summed E-state index contributed by atoms with van der Waals surface area (Å²) >= 11 is 0. The summed E-state index contributed by atoms with van der Waals surface area (Å²) in [7, 11) is 1.43. The van der Waals surface area contributed by atoms with E-state index in [2.05, 4.69) is 4.98 Å². The first-order chi connectivity index (χ1) is 9.10. The summed E-state index contributed by atoms with van der Waals surface area (Å²) < 4.78 is 10.3. The number of pyridine rings is 1. The maximum atomic E-state index is 11.0. The van der Waals surface area contributed by atoms with Crippen molar-refractivity contribution in [1.82, 2.24) is 4.98 Å². The van der Waals surface area contributed by atoms with Crippen LogP contribution >= 0.6 is 0 Å². The van der Waals surface area contributed by atoms with Crippen LogP contribution in [0, 0.1) is 10.1 Å². The lowest BCUT2D eigenvalue weighted by atomic mass is 10.3. The number of anilines is 1. The molecule has 2 N–H and O–H groups in total. The Hall–Kier alpha value is -2.83. The Morgan fingerprint density at radius 3 is 2.74 bits per heavy atom. The minimum absolute atomic E-state index is 0.0731. The number of nitrogens with two attached hydrogens (primary N) is 1. The van der Waals surface area contributed by atoms with E-state index in [9.17, 15) is 10.1 Å². The van der Waals surface area contributed by atoms with Crippen molar-refractivity contribution in [3.8, 4) is 17.4 Å². The number of ether oxygens (including phenoxy) is 2. The van der Waals surface area contributed by atoms with Crippen LogP contribution < -0.4 is 15.2 Å². The molecule has 0 saturated carbocycles. The molecule has 2 rings (SSSR count). The van der Waals surface area contributed by atoms with Crippen LogP contribution in [-0.2, 0) is 0 Å². The number of hydrogen-bond donors (Lipinski definition) is 1. The fourth-order valence-electron chi connectivity index (χ4n) is 1.45. The molecule has 0 aliphatic heterocycles. The summed E-state index contributed by atoms with van der Waals surface area (Å²) in [6.07, 6.45) is 0. The molecular weight excluding hydrogens is 250 g/mol. The molecule has 98 valence electrons. The van der Waals surface area contributed by atoms with Gasteiger partial charge in [0.2, 0.25) is 11.6 Å². The lowest BCUT2D eigenvalue weighted by Gasteiger charge is -2.07. The van der Waals surface area contributed by atoms with Crippen molar-refractivity contribution >= 4 is 11.5 Å². The average molecular weight is 261 g/mol. The van der Waals surface area contributed by atoms with Crippen LogP contribution in [0.25, 0.3) is 0 Å². The van der Waals surface area contributed by atoms with Crippen molar-refractivity contribution in [2.45, 2.75) is 0 Å². The second-order valence-corrected chi connectivity index (χ2v) is 3.59. The van der Waals surface area contributed by atoms with Gasteiger partial charge in [0, 0.05) is 6.07 Å². The van der Waals surface area contributed by atoms with Crippen LogP contribution in [0.5, 0.6) is 17.4 Å². The van der Waals surface area contributed by atoms with E-state index >= 15 is 0 Å². The van der Waals surface area contributed by atoms with Crippen LogP contribution in [-0.4, -0.2) is 17.0 Å². The first-order valence-corrected chi connectivity index (χ1v) is 5.33. The fourth-order valence-corrected chi connectivity index (χ4v) is 1.45. The summed E-state index contributed by atoms with van der Waals surface area (Å²) in [4.78, 5) is 14.3. The number of nitro benzene ring substituents is 1. The number of rotatable bonds is 4. The maximum Gasteiger partial charge on any atom is 0.315 e. The summed E-state index contributed by atoms with van der Waals surface area (Å²) in [5.41, 5.74) is 5.31. The first-order valence-electron chi connectivity index (χ1n) is 5.33. The Morgan fingerprint density at radius 1 is 1.32 bits per heavy atom. The molecule has 0 fully saturated rings. The predicted octanol–water partition coefficient (Wildman–Crippen LogP) is 2.37. The molecule has 0 atom stereocenters. The number of benzene rings is 1. The van der Waals surface area contributed by atoms with Crippen molar-refractivity contribution in [1.29, 1.82) is 0 Å². The van der Waals surface area contributed by atoms with Gasteiger partial charge in [-0.05, 0) is 18.2 Å². The van der Waals surface area contributed by atoms with E-state index in [0.717, 1.165) is 0 Å². The Bertz CT molecular complexity index is 616. The van der Waals surface area contributed by atoms with Crippen molar-refractivity contribution in [3.05, 3.63) is 46.5 Å². The van der Waals surface area contributed by atoms with Gasteiger partial charge in [0.25, 0.3) is 0 Å². The zero-order valence-corrected chi connectivity index (χ0v) is 10.1. The molecule has 1 heterocycles. The van der Waals surface area contributed by atoms with Gasteiger partial charge in [-0.3, -0.25) is 10.1 Å². The summed E-state index contributed by atoms with van der Waals surface area (Å²) in [5.74, 6) is 0.908. The Balaban J connectivity index is 2.36. The van der Waals surface area contributed by atoms with Gasteiger partial charge in [-0.2, -0.15) is 4.98 Å². The molecule has 2 aromatic rings. The van der Waals surface area contributed by atoms with Gasteiger partial charge in [-0.25, -0.2) is 0 Å². The largest absolute Gasteiger partial charge is 0.496 e. The van der Waals surface area contributed by atoms with Gasteiger partial charge in [-0.1, -0.05) is 6.07 Å². The highest BCUT2D eigenvalue weighted by Crippen LogP contribution is 2.33. The van der Waals surface area contributed by atoms with Crippen molar-refractivity contribution < 1.29 is 14.4 Å². The zero-order valence-electron chi connectivity index (χ0n) is 10.1. The minimum Gasteiger partial charge on any atom is -0.496 e. The molecule has 0 aliphatic carbocycles. The van der Waals surface area contributed by atoms with E-state index in [4.69, 9.17) is 15.2 Å². The highest BCUT2D eigenvalue weighted by atomic mass is 16.6. The Morgan fingerprint density at radius 2 is 2.11 bits per heavy atom. The van der Waals surface area contributed by atoms with E-state index < -0.39 is 4.92 Å². The van der Waals surface area contributed by atoms with E-state index in [1.165, 1.54) is 19.2 Å². The summed E-state index contributed by atoms with van der Waals surface area (Å²) in [6.45, 7) is 0. The molecule has 1 aromatic heterocycles. The van der Waals surface area contributed by atoms with Gasteiger partial charge in [0.05, 0.1) is 18.1 Å². The van der Waals surface area contributed by atoms with E-state index in [0.29, 0.717) is 5.75 Å². The SMILES string of the molecule is COc1ccc(Oc2cccc(N)n2)c([N+](=O)[O-])c1. The molecule has 7 nitrogen and oxygen atoms in total. The molecule has 0 aliphatic rings. The third-order valence-electron chi connectivity index (χ3n) is 2.32. The topological polar surface area (TPSA) is 101 Å². The van der Waals surface area contributed by atoms with Crippen LogP contribution in [0.3, 0.4) is 0 Å². The molecule has 0 radical (unpaired) electrons. The number of hydrogen-bond acceptors (Lipinski definition) is 6. The molecule has 0 spiro atoms. The number of nitrogens with zero attached hydrogens (tertiary/aromatic N) is 2.